The number of benzene rings is 3. The van der Waals surface area contributed by atoms with Crippen molar-refractivity contribution in [1.29, 1.82) is 0 Å². The summed E-state index contributed by atoms with van der Waals surface area (Å²) in [4.78, 5) is 39.1. The van der Waals surface area contributed by atoms with Gasteiger partial charge in [0.15, 0.2) is 0 Å². The van der Waals surface area contributed by atoms with Crippen molar-refractivity contribution in [1.82, 2.24) is 0 Å². The number of ether oxygens (including phenoxy) is 1. The molecule has 8 heteroatoms. The lowest BCUT2D eigenvalue weighted by molar-refractivity contribution is -0.384. The second-order valence-corrected chi connectivity index (χ2v) is 11.6. The van der Waals surface area contributed by atoms with Crippen molar-refractivity contribution < 1.29 is 24.4 Å². The van der Waals surface area contributed by atoms with Crippen molar-refractivity contribution >= 4 is 40.0 Å². The van der Waals surface area contributed by atoms with Crippen LogP contribution in [0.4, 0.5) is 11.4 Å². The van der Waals surface area contributed by atoms with Gasteiger partial charge in [0.25, 0.3) is 5.69 Å². The molecule has 1 N–H and O–H groups in total. The first-order chi connectivity index (χ1) is 20.3. The van der Waals surface area contributed by atoms with E-state index in [4.69, 9.17) is 4.74 Å². The van der Waals surface area contributed by atoms with Crippen LogP contribution >= 0.6 is 0 Å². The molecule has 3 aromatic carbocycles. The molecule has 6 rings (SSSR count). The number of anilines is 1. The van der Waals surface area contributed by atoms with Crippen LogP contribution in [-0.4, -0.2) is 34.6 Å². The molecule has 0 spiro atoms. The molecular weight excluding hydrogens is 532 g/mol. The summed E-state index contributed by atoms with van der Waals surface area (Å²) in [5.74, 6) is -1.49. The minimum absolute atomic E-state index is 0.123. The number of hydrogen-bond acceptors (Lipinski definition) is 6. The predicted octanol–water partition coefficient (Wildman–Crippen LogP) is 6.96. The van der Waals surface area contributed by atoms with Crippen LogP contribution in [0.1, 0.15) is 51.5 Å². The van der Waals surface area contributed by atoms with Crippen LogP contribution in [0.25, 0.3) is 16.8 Å². The fourth-order valence-corrected chi connectivity index (χ4v) is 7.19. The third-order valence-corrected chi connectivity index (χ3v) is 9.04. The van der Waals surface area contributed by atoms with Crippen LogP contribution in [0.3, 0.4) is 0 Å². The number of nitro benzene ring substituents is 1. The Bertz CT molecular complexity index is 1660. The summed E-state index contributed by atoms with van der Waals surface area (Å²) in [6, 6.07) is 17.3. The number of carbonyl (C=O) groups excluding carboxylic acids is 2. The molecule has 2 saturated heterocycles. The van der Waals surface area contributed by atoms with Crippen LogP contribution < -0.4 is 4.90 Å². The zero-order valence-corrected chi connectivity index (χ0v) is 23.8. The van der Waals surface area contributed by atoms with E-state index in [1.54, 1.807) is 12.1 Å². The zero-order valence-electron chi connectivity index (χ0n) is 23.8. The van der Waals surface area contributed by atoms with Crippen molar-refractivity contribution in [3.8, 4) is 5.75 Å². The van der Waals surface area contributed by atoms with Gasteiger partial charge in [-0.15, -0.1) is 0 Å². The highest BCUT2D eigenvalue weighted by molar-refractivity contribution is 6.22. The van der Waals surface area contributed by atoms with E-state index in [1.807, 2.05) is 37.3 Å². The molecule has 0 radical (unpaired) electrons. The van der Waals surface area contributed by atoms with Gasteiger partial charge in [-0.25, -0.2) is 4.90 Å². The van der Waals surface area contributed by atoms with E-state index in [0.29, 0.717) is 13.0 Å². The highest BCUT2D eigenvalue weighted by Gasteiger charge is 2.57. The Morgan fingerprint density at radius 1 is 1.05 bits per heavy atom. The molecule has 1 aliphatic carbocycles. The van der Waals surface area contributed by atoms with Crippen molar-refractivity contribution in [2.24, 2.45) is 17.8 Å². The molecule has 42 heavy (non-hydrogen) atoms. The third kappa shape index (κ3) is 4.79. The fraction of sp³-hybridized carbons (Fsp3) is 0.353. The molecule has 2 heterocycles. The lowest BCUT2D eigenvalue weighted by Gasteiger charge is -2.30. The van der Waals surface area contributed by atoms with E-state index in [0.717, 1.165) is 58.1 Å². The van der Waals surface area contributed by atoms with Crippen LogP contribution in [0.15, 0.2) is 77.4 Å². The van der Waals surface area contributed by atoms with E-state index < -0.39 is 16.8 Å². The van der Waals surface area contributed by atoms with Crippen molar-refractivity contribution in [2.45, 2.75) is 52.1 Å². The predicted molar refractivity (Wildman–Crippen MR) is 161 cm³/mol. The molecule has 4 atom stereocenters. The first-order valence-electron chi connectivity index (χ1n) is 14.6. The fourth-order valence-electron chi connectivity index (χ4n) is 7.19. The summed E-state index contributed by atoms with van der Waals surface area (Å²) in [7, 11) is 0. The van der Waals surface area contributed by atoms with E-state index >= 15 is 0 Å². The van der Waals surface area contributed by atoms with Gasteiger partial charge in [-0.05, 0) is 61.3 Å². The van der Waals surface area contributed by atoms with Crippen molar-refractivity contribution in [2.75, 3.05) is 11.5 Å². The Morgan fingerprint density at radius 2 is 1.83 bits per heavy atom. The third-order valence-electron chi connectivity index (χ3n) is 9.04. The summed E-state index contributed by atoms with van der Waals surface area (Å²) in [5.41, 5.74) is 4.72. The lowest BCUT2D eigenvalue weighted by atomic mass is 9.70. The van der Waals surface area contributed by atoms with E-state index in [-0.39, 0.29) is 41.0 Å². The van der Waals surface area contributed by atoms with Gasteiger partial charge in [-0.1, -0.05) is 67.0 Å². The molecule has 3 aromatic rings. The maximum absolute atomic E-state index is 13.7. The van der Waals surface area contributed by atoms with Gasteiger partial charge < -0.3 is 9.84 Å². The lowest BCUT2D eigenvalue weighted by Crippen LogP contribution is -2.34. The second kappa shape index (κ2) is 11.2. The summed E-state index contributed by atoms with van der Waals surface area (Å²) in [6.07, 6.45) is 6.15. The molecule has 2 fully saturated rings. The number of nitrogens with zero attached hydrogens (tertiary/aromatic N) is 2. The minimum Gasteiger partial charge on any atom is -0.507 e. The molecule has 0 aromatic heterocycles. The second-order valence-electron chi connectivity index (χ2n) is 11.6. The first-order valence-corrected chi connectivity index (χ1v) is 14.6. The number of phenols is 1. The number of carbonyl (C=O) groups is 2. The molecule has 0 saturated carbocycles. The van der Waals surface area contributed by atoms with Gasteiger partial charge >= 0.3 is 0 Å². The number of imide groups is 1. The molecular formula is C34H34N2O6. The monoisotopic (exact) mass is 566 g/mol. The highest BCUT2D eigenvalue weighted by atomic mass is 16.6. The number of nitro groups is 1. The van der Waals surface area contributed by atoms with Crippen LogP contribution in [-0.2, 0) is 14.3 Å². The number of rotatable bonds is 8. The SMILES string of the molecule is CCC/C(=C\c1ccc(O)c2ccccc12)CC[C@H]1OC[C@H]2C1=C(C)C[C@H]1C(=O)N(c3cccc([N+](=O)[O-])c3)C(=O)[C@H]12. The number of non-ortho nitro benzene ring substituents is 1. The van der Waals surface area contributed by atoms with Crippen LogP contribution in [0.5, 0.6) is 5.75 Å². The summed E-state index contributed by atoms with van der Waals surface area (Å²) in [6.45, 7) is 4.59. The quantitative estimate of drug-likeness (QED) is 0.137. The topological polar surface area (TPSA) is 110 Å². The highest BCUT2D eigenvalue weighted by Crippen LogP contribution is 2.50. The Labute approximate surface area is 244 Å². The molecule has 216 valence electrons. The zero-order chi connectivity index (χ0) is 29.5. The number of aromatic hydroxyl groups is 1. The van der Waals surface area contributed by atoms with Gasteiger partial charge in [-0.3, -0.25) is 19.7 Å². The van der Waals surface area contributed by atoms with Gasteiger partial charge in [0.1, 0.15) is 5.75 Å². The minimum atomic E-state index is -0.522. The average molecular weight is 567 g/mol. The number of hydrogen-bond donors (Lipinski definition) is 1. The Kier molecular flexibility index (Phi) is 7.41. The van der Waals surface area contributed by atoms with Gasteiger partial charge in [0, 0.05) is 23.4 Å². The molecule has 3 aliphatic rings. The van der Waals surface area contributed by atoms with E-state index in [1.165, 1.54) is 23.8 Å². The smallest absolute Gasteiger partial charge is 0.271 e. The number of phenolic OH excluding ortho intramolecular Hbond substituents is 1. The van der Waals surface area contributed by atoms with Crippen LogP contribution in [0.2, 0.25) is 0 Å². The molecule has 0 bridgehead atoms. The molecule has 2 amide bonds. The number of allylic oxidation sites excluding steroid dienone is 2. The maximum atomic E-state index is 13.7. The standard InChI is InChI=1S/C34H34N2O6/c1-3-7-21(17-22-13-14-29(37)26-11-5-4-10-25(22)26)12-15-30-31-20(2)16-27-32(28(31)19-42-30)34(39)35(33(27)38)23-8-6-9-24(18-23)36(40)41/h4-6,8-11,13-14,17-18,27-28,30,32,37H,3,7,12,15-16,19H2,1-2H3/b21-17+/t27-,28+,30-,32-/m1/s1. The normalized spacial score (nSPS) is 24.0. The van der Waals surface area contributed by atoms with Gasteiger partial charge in [0.05, 0.1) is 35.2 Å². The van der Waals surface area contributed by atoms with Crippen molar-refractivity contribution in [3.05, 3.63) is 93.1 Å². The molecule has 2 aliphatic heterocycles. The molecule has 8 nitrogen and oxygen atoms in total. The summed E-state index contributed by atoms with van der Waals surface area (Å²) >= 11 is 0. The maximum Gasteiger partial charge on any atom is 0.271 e. The van der Waals surface area contributed by atoms with Gasteiger partial charge in [-0.2, -0.15) is 0 Å². The van der Waals surface area contributed by atoms with E-state index in [9.17, 15) is 24.8 Å². The Hall–Kier alpha value is -4.30. The molecule has 0 unspecified atom stereocenters. The average Bonchev–Trinajstić information content (AvgIpc) is 3.52. The van der Waals surface area contributed by atoms with Crippen LogP contribution in [0, 0.1) is 27.9 Å². The van der Waals surface area contributed by atoms with Gasteiger partial charge in [0.2, 0.25) is 11.8 Å². The Balaban J connectivity index is 1.23. The van der Waals surface area contributed by atoms with E-state index in [2.05, 4.69) is 13.0 Å². The summed E-state index contributed by atoms with van der Waals surface area (Å²) < 4.78 is 6.33. The largest absolute Gasteiger partial charge is 0.507 e. The van der Waals surface area contributed by atoms with Crippen molar-refractivity contribution in [3.63, 3.8) is 0 Å². The first kappa shape index (κ1) is 27.8. The Morgan fingerprint density at radius 3 is 2.60 bits per heavy atom. The number of fused-ring (bicyclic) bond motifs is 4. The summed E-state index contributed by atoms with van der Waals surface area (Å²) in [5, 5.41) is 23.5. The number of amides is 2.